The number of carboxylic acids is 1. The molecule has 0 bridgehead atoms. The molecule has 0 amide bonds. The Bertz CT molecular complexity index is 1210. The highest BCUT2D eigenvalue weighted by atomic mass is 16.4. The second-order valence-corrected chi connectivity index (χ2v) is 8.30. The molecule has 1 unspecified atom stereocenters. The molecule has 0 fully saturated rings. The number of aliphatic carboxylic acids is 1. The minimum atomic E-state index is -0.881. The van der Waals surface area contributed by atoms with Gasteiger partial charge in [-0.25, -0.2) is 9.67 Å². The van der Waals surface area contributed by atoms with Crippen molar-refractivity contribution in [3.8, 4) is 22.5 Å². The Hall–Kier alpha value is -3.88. The van der Waals surface area contributed by atoms with Gasteiger partial charge in [-0.2, -0.15) is 10.3 Å². The number of hydrogen-bond donors (Lipinski definition) is 2. The fourth-order valence-corrected chi connectivity index (χ4v) is 3.88. The van der Waals surface area contributed by atoms with E-state index in [-0.39, 0.29) is 5.92 Å². The third-order valence-corrected chi connectivity index (χ3v) is 5.53. The van der Waals surface area contributed by atoms with E-state index in [0.29, 0.717) is 24.6 Å². The van der Waals surface area contributed by atoms with Crippen molar-refractivity contribution in [1.82, 2.24) is 35.4 Å². The lowest BCUT2D eigenvalue weighted by atomic mass is 9.98. The molecule has 4 aromatic rings. The monoisotopic (exact) mass is 445 g/mol. The molecular weight excluding hydrogens is 418 g/mol. The molecule has 0 saturated carbocycles. The van der Waals surface area contributed by atoms with Gasteiger partial charge in [0.1, 0.15) is 11.7 Å². The lowest BCUT2D eigenvalue weighted by molar-refractivity contribution is -0.139. The molecule has 33 heavy (non-hydrogen) atoms. The van der Waals surface area contributed by atoms with Gasteiger partial charge >= 0.3 is 5.97 Å². The molecule has 4 rings (SSSR count). The van der Waals surface area contributed by atoms with Gasteiger partial charge in [-0.3, -0.25) is 4.79 Å². The number of carboxylic acid groups (broad SMARTS) is 1. The van der Waals surface area contributed by atoms with Gasteiger partial charge in [-0.15, -0.1) is 10.2 Å². The topological polar surface area (TPSA) is 122 Å². The quantitative estimate of drug-likeness (QED) is 0.394. The standard InChI is InChI=1S/C24H27N7O2/c1-4-7-20(24(32)33)21-25-23(15(2)3)31(28-21)14-16-10-12-17(13-11-16)18-8-5-6-9-19(18)22-26-29-30-27-22/h5-6,8-13,15,20H,4,7,14H2,1-3H3,(H,32,33)(H,26,27,29,30). The average Bonchev–Trinajstić information content (AvgIpc) is 3.48. The van der Waals surface area contributed by atoms with Crippen LogP contribution in [0.1, 0.15) is 62.7 Å². The van der Waals surface area contributed by atoms with Crippen molar-refractivity contribution in [3.63, 3.8) is 0 Å². The zero-order chi connectivity index (χ0) is 23.4. The third-order valence-electron chi connectivity index (χ3n) is 5.53. The van der Waals surface area contributed by atoms with E-state index in [1.807, 2.05) is 49.7 Å². The van der Waals surface area contributed by atoms with E-state index in [1.165, 1.54) is 0 Å². The highest BCUT2D eigenvalue weighted by Gasteiger charge is 2.26. The molecule has 2 N–H and O–H groups in total. The number of carbonyl (C=O) groups is 1. The number of nitrogens with one attached hydrogen (secondary N) is 1. The van der Waals surface area contributed by atoms with Crippen molar-refractivity contribution in [2.75, 3.05) is 0 Å². The zero-order valence-corrected chi connectivity index (χ0v) is 18.9. The van der Waals surface area contributed by atoms with Gasteiger partial charge in [0.15, 0.2) is 5.82 Å². The summed E-state index contributed by atoms with van der Waals surface area (Å²) in [7, 11) is 0. The van der Waals surface area contributed by atoms with E-state index in [0.717, 1.165) is 34.5 Å². The van der Waals surface area contributed by atoms with Gasteiger partial charge in [0.25, 0.3) is 0 Å². The largest absolute Gasteiger partial charge is 0.481 e. The summed E-state index contributed by atoms with van der Waals surface area (Å²) < 4.78 is 1.83. The number of benzene rings is 2. The molecule has 170 valence electrons. The zero-order valence-electron chi connectivity index (χ0n) is 18.9. The summed E-state index contributed by atoms with van der Waals surface area (Å²) >= 11 is 0. The predicted molar refractivity (Wildman–Crippen MR) is 124 cm³/mol. The Balaban J connectivity index is 1.61. The van der Waals surface area contributed by atoms with Crippen LogP contribution < -0.4 is 0 Å². The minimum absolute atomic E-state index is 0.128. The normalized spacial score (nSPS) is 12.2. The van der Waals surface area contributed by atoms with Crippen molar-refractivity contribution >= 4 is 5.97 Å². The first-order valence-electron chi connectivity index (χ1n) is 11.1. The van der Waals surface area contributed by atoms with E-state index in [4.69, 9.17) is 0 Å². The summed E-state index contributed by atoms with van der Waals surface area (Å²) in [6.07, 6.45) is 1.28. The number of aromatic nitrogens is 7. The van der Waals surface area contributed by atoms with Crippen LogP contribution in [0, 0.1) is 0 Å². The molecule has 2 aromatic carbocycles. The van der Waals surface area contributed by atoms with Gasteiger partial charge in [-0.05, 0) is 28.3 Å². The van der Waals surface area contributed by atoms with E-state index in [2.05, 4.69) is 55.0 Å². The molecule has 2 aromatic heterocycles. The highest BCUT2D eigenvalue weighted by Crippen LogP contribution is 2.30. The van der Waals surface area contributed by atoms with Crippen molar-refractivity contribution in [3.05, 3.63) is 65.7 Å². The Morgan fingerprint density at radius 3 is 2.42 bits per heavy atom. The smallest absolute Gasteiger partial charge is 0.314 e. The average molecular weight is 446 g/mol. The molecule has 0 aliphatic carbocycles. The number of hydrogen-bond acceptors (Lipinski definition) is 6. The fraction of sp³-hybridized carbons (Fsp3) is 0.333. The molecule has 9 heteroatoms. The van der Waals surface area contributed by atoms with E-state index in [1.54, 1.807) is 0 Å². The van der Waals surface area contributed by atoms with Crippen molar-refractivity contribution in [2.24, 2.45) is 0 Å². The first-order valence-corrected chi connectivity index (χ1v) is 11.1. The summed E-state index contributed by atoms with van der Waals surface area (Å²) in [5, 5.41) is 28.6. The third kappa shape index (κ3) is 4.82. The lowest BCUT2D eigenvalue weighted by Gasteiger charge is -2.10. The summed E-state index contributed by atoms with van der Waals surface area (Å²) in [4.78, 5) is 16.3. The number of tetrazole rings is 1. The summed E-state index contributed by atoms with van der Waals surface area (Å²) in [6.45, 7) is 6.57. The van der Waals surface area contributed by atoms with Crippen LogP contribution in [0.15, 0.2) is 48.5 Å². The summed E-state index contributed by atoms with van der Waals surface area (Å²) in [5.74, 6) is 0.291. The van der Waals surface area contributed by atoms with E-state index in [9.17, 15) is 9.90 Å². The maximum atomic E-state index is 11.7. The lowest BCUT2D eigenvalue weighted by Crippen LogP contribution is -2.13. The maximum absolute atomic E-state index is 11.7. The Labute approximate surface area is 191 Å². The van der Waals surface area contributed by atoms with Gasteiger partial charge < -0.3 is 5.11 Å². The number of aromatic amines is 1. The molecule has 0 saturated heterocycles. The first kappa shape index (κ1) is 22.3. The van der Waals surface area contributed by atoms with Crippen molar-refractivity contribution < 1.29 is 9.90 Å². The SMILES string of the molecule is CCCC(C(=O)O)c1nc(C(C)C)n(Cc2ccc(-c3ccccc3-c3nn[nH]n3)cc2)n1. The van der Waals surface area contributed by atoms with Crippen LogP contribution in [-0.2, 0) is 11.3 Å². The van der Waals surface area contributed by atoms with Crippen LogP contribution in [0.3, 0.4) is 0 Å². The van der Waals surface area contributed by atoms with Crippen molar-refractivity contribution in [1.29, 1.82) is 0 Å². The van der Waals surface area contributed by atoms with Gasteiger partial charge in [0.05, 0.1) is 6.54 Å². The van der Waals surface area contributed by atoms with Crippen LogP contribution in [0.25, 0.3) is 22.5 Å². The molecule has 0 spiro atoms. The van der Waals surface area contributed by atoms with Crippen LogP contribution in [0.2, 0.25) is 0 Å². The van der Waals surface area contributed by atoms with Crippen molar-refractivity contribution in [2.45, 2.75) is 52.0 Å². The highest BCUT2D eigenvalue weighted by molar-refractivity contribution is 5.80. The Kier molecular flexibility index (Phi) is 6.58. The van der Waals surface area contributed by atoms with Gasteiger partial charge in [-0.1, -0.05) is 75.7 Å². The fourth-order valence-electron chi connectivity index (χ4n) is 3.88. The molecular formula is C24H27N7O2. The number of H-pyrrole nitrogens is 1. The van der Waals surface area contributed by atoms with E-state index < -0.39 is 11.9 Å². The summed E-state index contributed by atoms with van der Waals surface area (Å²) in [5.41, 5.74) is 4.01. The number of nitrogens with zero attached hydrogens (tertiary/aromatic N) is 6. The molecule has 2 heterocycles. The minimum Gasteiger partial charge on any atom is -0.481 e. The van der Waals surface area contributed by atoms with Crippen LogP contribution in [0.5, 0.6) is 0 Å². The summed E-state index contributed by atoms with van der Waals surface area (Å²) in [6, 6.07) is 16.1. The molecule has 0 aliphatic heterocycles. The number of rotatable bonds is 9. The second-order valence-electron chi connectivity index (χ2n) is 8.30. The van der Waals surface area contributed by atoms with Gasteiger partial charge in [0.2, 0.25) is 5.82 Å². The van der Waals surface area contributed by atoms with Gasteiger partial charge in [0, 0.05) is 11.5 Å². The molecule has 1 atom stereocenters. The predicted octanol–water partition coefficient (Wildman–Crippen LogP) is 4.27. The van der Waals surface area contributed by atoms with Crippen LogP contribution >= 0.6 is 0 Å². The first-order chi connectivity index (χ1) is 16.0. The Morgan fingerprint density at radius 2 is 1.82 bits per heavy atom. The maximum Gasteiger partial charge on any atom is 0.314 e. The molecule has 9 nitrogen and oxygen atoms in total. The Morgan fingerprint density at radius 1 is 1.09 bits per heavy atom. The molecule has 0 radical (unpaired) electrons. The molecule has 0 aliphatic rings. The van der Waals surface area contributed by atoms with Crippen LogP contribution in [0.4, 0.5) is 0 Å². The van der Waals surface area contributed by atoms with Crippen LogP contribution in [-0.4, -0.2) is 46.5 Å². The second kappa shape index (κ2) is 9.72. The van der Waals surface area contributed by atoms with E-state index >= 15 is 0 Å².